The number of amides is 1. The molecule has 0 aliphatic carbocycles. The van der Waals surface area contributed by atoms with Gasteiger partial charge in [-0.2, -0.15) is 17.4 Å². The molecule has 0 radical (unpaired) electrons. The van der Waals surface area contributed by atoms with Gasteiger partial charge in [-0.15, -0.1) is 0 Å². The van der Waals surface area contributed by atoms with Gasteiger partial charge in [-0.05, 0) is 40.5 Å². The molecule has 0 aliphatic rings. The minimum absolute atomic E-state index is 0.00438. The molecule has 0 fully saturated rings. The van der Waals surface area contributed by atoms with E-state index in [4.69, 9.17) is 9.47 Å². The van der Waals surface area contributed by atoms with Crippen molar-refractivity contribution in [3.8, 4) is 0 Å². The van der Waals surface area contributed by atoms with Crippen LogP contribution in [-0.4, -0.2) is 62.2 Å². The molecular formula is C16H30N2O8S. The quantitative estimate of drug-likeness (QED) is 0.467. The van der Waals surface area contributed by atoms with Crippen LogP contribution in [0.15, 0.2) is 0 Å². The second-order valence-corrected chi connectivity index (χ2v) is 8.65. The van der Waals surface area contributed by atoms with Crippen LogP contribution < -0.4 is 4.72 Å². The first kappa shape index (κ1) is 25.1. The van der Waals surface area contributed by atoms with Gasteiger partial charge >= 0.3 is 28.2 Å². The fourth-order valence-corrected chi connectivity index (χ4v) is 3.47. The highest BCUT2D eigenvalue weighted by Gasteiger charge is 2.42. The Balaban J connectivity index is 5.97. The van der Waals surface area contributed by atoms with Crippen molar-refractivity contribution in [2.24, 2.45) is 5.92 Å². The maximum absolute atomic E-state index is 12.8. The highest BCUT2D eigenvalue weighted by molar-refractivity contribution is 7.87. The molecule has 0 heterocycles. The topological polar surface area (TPSA) is 128 Å². The second kappa shape index (κ2) is 9.88. The van der Waals surface area contributed by atoms with E-state index in [1.807, 2.05) is 0 Å². The first-order chi connectivity index (χ1) is 12.2. The maximum Gasteiger partial charge on any atom is 0.425 e. The number of rotatable bonds is 8. The molecule has 11 heteroatoms. The molecule has 0 aromatic rings. The van der Waals surface area contributed by atoms with Crippen LogP contribution in [0, 0.1) is 5.92 Å². The van der Waals surface area contributed by atoms with Crippen LogP contribution >= 0.6 is 0 Å². The number of nitrogens with one attached hydrogen (secondary N) is 1. The number of esters is 2. The lowest BCUT2D eigenvalue weighted by atomic mass is 10.1. The molecule has 0 saturated heterocycles. The van der Waals surface area contributed by atoms with Crippen LogP contribution in [0.25, 0.3) is 0 Å². The fraction of sp³-hybridized carbons (Fsp3) is 0.812. The van der Waals surface area contributed by atoms with Gasteiger partial charge in [0, 0.05) is 0 Å². The lowest BCUT2D eigenvalue weighted by molar-refractivity contribution is -0.147. The molecule has 2 atom stereocenters. The van der Waals surface area contributed by atoms with Crippen LogP contribution in [0.2, 0.25) is 0 Å². The van der Waals surface area contributed by atoms with E-state index in [9.17, 15) is 22.8 Å². The minimum Gasteiger partial charge on any atom is -0.468 e. The van der Waals surface area contributed by atoms with E-state index in [1.54, 1.807) is 41.5 Å². The molecule has 0 aromatic carbocycles. The van der Waals surface area contributed by atoms with Gasteiger partial charge in [0.15, 0.2) is 0 Å². The maximum atomic E-state index is 12.8. The zero-order valence-corrected chi connectivity index (χ0v) is 17.9. The van der Waals surface area contributed by atoms with Gasteiger partial charge in [0.2, 0.25) is 0 Å². The summed E-state index contributed by atoms with van der Waals surface area (Å²) >= 11 is 0. The van der Waals surface area contributed by atoms with Crippen molar-refractivity contribution < 1.29 is 37.0 Å². The summed E-state index contributed by atoms with van der Waals surface area (Å²) < 4.78 is 42.5. The van der Waals surface area contributed by atoms with Crippen LogP contribution in [-0.2, 0) is 34.0 Å². The van der Waals surface area contributed by atoms with Crippen molar-refractivity contribution in [3.63, 3.8) is 0 Å². The average molecular weight is 410 g/mol. The molecule has 0 aromatic heterocycles. The lowest BCUT2D eigenvalue weighted by Gasteiger charge is -2.31. The van der Waals surface area contributed by atoms with Crippen LogP contribution in [0.1, 0.15) is 48.5 Å². The second-order valence-electron chi connectivity index (χ2n) is 7.07. The summed E-state index contributed by atoms with van der Waals surface area (Å²) in [4.78, 5) is 36.4. The monoisotopic (exact) mass is 410 g/mol. The molecule has 1 amide bonds. The highest BCUT2D eigenvalue weighted by Crippen LogP contribution is 2.17. The normalized spacial score (nSPS) is 14.3. The summed E-state index contributed by atoms with van der Waals surface area (Å²) in [5, 5.41) is 0. The molecule has 0 rings (SSSR count). The zero-order valence-electron chi connectivity index (χ0n) is 17.1. The number of carbonyl (C=O) groups is 3. The van der Waals surface area contributed by atoms with E-state index in [0.29, 0.717) is 0 Å². The number of ether oxygens (including phenoxy) is 3. The van der Waals surface area contributed by atoms with Crippen molar-refractivity contribution in [1.29, 1.82) is 0 Å². The first-order valence-electron chi connectivity index (χ1n) is 8.47. The van der Waals surface area contributed by atoms with Crippen molar-refractivity contribution in [3.05, 3.63) is 0 Å². The largest absolute Gasteiger partial charge is 0.468 e. The van der Waals surface area contributed by atoms with E-state index in [1.165, 1.54) is 6.92 Å². The zero-order chi connectivity index (χ0) is 21.6. The molecular weight excluding hydrogens is 380 g/mol. The van der Waals surface area contributed by atoms with Crippen molar-refractivity contribution >= 4 is 28.2 Å². The van der Waals surface area contributed by atoms with Gasteiger partial charge in [-0.1, -0.05) is 13.8 Å². The summed E-state index contributed by atoms with van der Waals surface area (Å²) in [5.74, 6) is -2.25. The molecule has 0 bridgehead atoms. The van der Waals surface area contributed by atoms with Gasteiger partial charge in [-0.25, -0.2) is 9.59 Å². The highest BCUT2D eigenvalue weighted by atomic mass is 32.2. The predicted octanol–water partition coefficient (Wildman–Crippen LogP) is 1.21. The summed E-state index contributed by atoms with van der Waals surface area (Å²) in [6, 6.07) is -2.78. The Bertz CT molecular complexity index is 639. The van der Waals surface area contributed by atoms with Crippen LogP contribution in [0.3, 0.4) is 0 Å². The number of hydrogen-bond acceptors (Lipinski definition) is 8. The smallest absolute Gasteiger partial charge is 0.425 e. The Morgan fingerprint density at radius 1 is 1.07 bits per heavy atom. The fourth-order valence-electron chi connectivity index (χ4n) is 1.93. The van der Waals surface area contributed by atoms with E-state index in [0.717, 1.165) is 7.11 Å². The van der Waals surface area contributed by atoms with Crippen LogP contribution in [0.5, 0.6) is 0 Å². The van der Waals surface area contributed by atoms with Gasteiger partial charge in [0.1, 0.15) is 17.7 Å². The minimum atomic E-state index is -4.65. The number of carbonyl (C=O) groups excluding carboxylic acids is 3. The van der Waals surface area contributed by atoms with E-state index < -0.39 is 51.8 Å². The summed E-state index contributed by atoms with van der Waals surface area (Å²) in [7, 11) is -3.54. The summed E-state index contributed by atoms with van der Waals surface area (Å²) in [6.45, 7) is 10.5. The predicted molar refractivity (Wildman–Crippen MR) is 96.9 cm³/mol. The number of hydrogen-bond donors (Lipinski definition) is 1. The van der Waals surface area contributed by atoms with Crippen molar-refractivity contribution in [2.45, 2.75) is 66.2 Å². The third-order valence-corrected chi connectivity index (χ3v) is 4.74. The Morgan fingerprint density at radius 3 is 1.96 bits per heavy atom. The average Bonchev–Trinajstić information content (AvgIpc) is 2.49. The SMILES string of the molecule is CCOC(=O)C(C)N(C(=O)OC(C)(C)C)S(=O)(=O)NC(C(=O)OC)C(C)C. The number of methoxy groups -OCH3 is 1. The Kier molecular flexibility index (Phi) is 9.19. The molecule has 2 unspecified atom stereocenters. The van der Waals surface area contributed by atoms with E-state index >= 15 is 0 Å². The molecule has 0 spiro atoms. The third kappa shape index (κ3) is 7.71. The van der Waals surface area contributed by atoms with Gasteiger partial charge in [-0.3, -0.25) is 4.79 Å². The molecule has 27 heavy (non-hydrogen) atoms. The van der Waals surface area contributed by atoms with Gasteiger partial charge in [0.05, 0.1) is 13.7 Å². The Morgan fingerprint density at radius 2 is 1.59 bits per heavy atom. The first-order valence-corrected chi connectivity index (χ1v) is 9.91. The van der Waals surface area contributed by atoms with E-state index in [2.05, 4.69) is 9.46 Å². The van der Waals surface area contributed by atoms with E-state index in [-0.39, 0.29) is 10.9 Å². The van der Waals surface area contributed by atoms with Gasteiger partial charge < -0.3 is 14.2 Å². The van der Waals surface area contributed by atoms with Crippen LogP contribution in [0.4, 0.5) is 4.79 Å². The Hall–Kier alpha value is -1.88. The standard InChI is InChI=1S/C16H30N2O8S/c1-9-25-13(19)11(4)18(15(21)26-16(5,6)7)27(22,23)17-12(10(2)3)14(20)24-8/h10-12,17H,9H2,1-8H3. The lowest BCUT2D eigenvalue weighted by Crippen LogP contribution is -2.57. The van der Waals surface area contributed by atoms with Crippen molar-refractivity contribution in [1.82, 2.24) is 9.03 Å². The van der Waals surface area contributed by atoms with Crippen molar-refractivity contribution in [2.75, 3.05) is 13.7 Å². The molecule has 158 valence electrons. The summed E-state index contributed by atoms with van der Waals surface area (Å²) in [6.07, 6.45) is -1.28. The molecule has 0 aliphatic heterocycles. The molecule has 0 saturated carbocycles. The number of nitrogens with zero attached hydrogens (tertiary/aromatic N) is 1. The third-order valence-electron chi connectivity index (χ3n) is 3.21. The molecule has 1 N–H and O–H groups in total. The summed E-state index contributed by atoms with van der Waals surface area (Å²) in [5.41, 5.74) is -1.01. The molecule has 10 nitrogen and oxygen atoms in total. The van der Waals surface area contributed by atoms with Gasteiger partial charge in [0.25, 0.3) is 0 Å². The Labute approximate surface area is 160 Å².